The highest BCUT2D eigenvalue weighted by Gasteiger charge is 2.29. The van der Waals surface area contributed by atoms with Gasteiger partial charge in [-0.15, -0.1) is 0 Å². The van der Waals surface area contributed by atoms with Gasteiger partial charge in [-0.25, -0.2) is 9.99 Å². The van der Waals surface area contributed by atoms with Crippen molar-refractivity contribution in [1.82, 2.24) is 4.98 Å². The summed E-state index contributed by atoms with van der Waals surface area (Å²) in [5.41, 5.74) is 5.92. The maximum absolute atomic E-state index is 5.31. The van der Waals surface area contributed by atoms with Gasteiger partial charge in [-0.2, -0.15) is 5.10 Å². The molecule has 0 radical (unpaired) electrons. The second-order valence-corrected chi connectivity index (χ2v) is 9.07. The highest BCUT2D eigenvalue weighted by Crippen LogP contribution is 2.36. The first kappa shape index (κ1) is 26.3. The number of methoxy groups -OCH3 is 1. The summed E-state index contributed by atoms with van der Waals surface area (Å²) in [5.74, 6) is 1.55. The fourth-order valence-electron chi connectivity index (χ4n) is 4.81. The van der Waals surface area contributed by atoms with E-state index in [0.717, 1.165) is 49.9 Å². The van der Waals surface area contributed by atoms with E-state index in [4.69, 9.17) is 9.84 Å². The highest BCUT2D eigenvalue weighted by atomic mass is 16.5. The molecule has 0 N–H and O–H groups in total. The van der Waals surface area contributed by atoms with Crippen LogP contribution in [0, 0.1) is 0 Å². The fraction of sp³-hybridized carbons (Fsp3) is 0.355. The first-order valence-electron chi connectivity index (χ1n) is 13.3. The van der Waals surface area contributed by atoms with Crippen molar-refractivity contribution in [2.24, 2.45) is 5.10 Å². The van der Waals surface area contributed by atoms with Crippen LogP contribution in [-0.2, 0) is 0 Å². The lowest BCUT2D eigenvalue weighted by molar-refractivity contribution is 0.413. The van der Waals surface area contributed by atoms with Crippen molar-refractivity contribution < 1.29 is 4.74 Å². The molecule has 1 aliphatic heterocycles. The zero-order valence-corrected chi connectivity index (χ0v) is 22.8. The molecule has 0 saturated heterocycles. The summed E-state index contributed by atoms with van der Waals surface area (Å²) in [7, 11) is 1.66. The molecule has 2 aromatic carbocycles. The molecule has 37 heavy (non-hydrogen) atoms. The van der Waals surface area contributed by atoms with Gasteiger partial charge < -0.3 is 14.5 Å². The van der Waals surface area contributed by atoms with Crippen LogP contribution in [0.25, 0.3) is 6.08 Å². The maximum Gasteiger partial charge on any atom is 0.149 e. The number of hydrogen-bond acceptors (Lipinski definition) is 6. The Morgan fingerprint density at radius 2 is 1.41 bits per heavy atom. The number of benzene rings is 2. The number of anilines is 3. The number of aromatic nitrogens is 1. The molecule has 1 aliphatic rings. The van der Waals surface area contributed by atoms with Gasteiger partial charge in [-0.1, -0.05) is 30.3 Å². The third-order valence-corrected chi connectivity index (χ3v) is 7.02. The molecule has 3 aromatic rings. The number of pyridine rings is 1. The van der Waals surface area contributed by atoms with E-state index < -0.39 is 0 Å². The maximum atomic E-state index is 5.31. The Kier molecular flexibility index (Phi) is 8.83. The monoisotopic (exact) mass is 497 g/mol. The zero-order valence-electron chi connectivity index (χ0n) is 22.8. The molecule has 0 saturated carbocycles. The van der Waals surface area contributed by atoms with Crippen molar-refractivity contribution in [2.45, 2.75) is 40.2 Å². The average Bonchev–Trinajstić information content (AvgIpc) is 3.38. The van der Waals surface area contributed by atoms with Gasteiger partial charge >= 0.3 is 0 Å². The van der Waals surface area contributed by atoms with Crippen molar-refractivity contribution >= 4 is 29.0 Å². The molecule has 4 rings (SSSR count). The van der Waals surface area contributed by atoms with Crippen LogP contribution in [0.1, 0.15) is 51.3 Å². The number of allylic oxidation sites excluding steroid dienone is 1. The summed E-state index contributed by atoms with van der Waals surface area (Å²) in [6, 6.07) is 21.6. The van der Waals surface area contributed by atoms with Crippen molar-refractivity contribution in [3.8, 4) is 5.75 Å². The minimum absolute atomic E-state index is 0.0799. The molecule has 0 fully saturated rings. The largest absolute Gasteiger partial charge is 0.495 e. The van der Waals surface area contributed by atoms with Gasteiger partial charge in [0, 0.05) is 44.0 Å². The van der Waals surface area contributed by atoms with E-state index in [1.54, 1.807) is 13.3 Å². The molecule has 194 valence electrons. The summed E-state index contributed by atoms with van der Waals surface area (Å²) in [6.45, 7) is 12.8. The molecule has 6 heteroatoms. The molecule has 6 nitrogen and oxygen atoms in total. The Labute approximate surface area is 221 Å². The van der Waals surface area contributed by atoms with E-state index >= 15 is 0 Å². The summed E-state index contributed by atoms with van der Waals surface area (Å²) in [5, 5.41) is 7.03. The van der Waals surface area contributed by atoms with Gasteiger partial charge in [0.05, 0.1) is 25.1 Å². The lowest BCUT2D eigenvalue weighted by Gasteiger charge is -2.25. The van der Waals surface area contributed by atoms with Crippen LogP contribution in [0.2, 0.25) is 0 Å². The molecule has 1 aromatic heterocycles. The third kappa shape index (κ3) is 6.13. The Morgan fingerprint density at radius 3 is 1.92 bits per heavy atom. The molecule has 1 atom stereocenters. The van der Waals surface area contributed by atoms with Crippen LogP contribution in [0.5, 0.6) is 5.75 Å². The molecule has 2 heterocycles. The molecule has 0 aliphatic carbocycles. The normalized spacial score (nSPS) is 15.2. The Morgan fingerprint density at radius 1 is 0.811 bits per heavy atom. The highest BCUT2D eigenvalue weighted by molar-refractivity contribution is 6.01. The van der Waals surface area contributed by atoms with Gasteiger partial charge in [-0.05, 0) is 81.3 Å². The van der Waals surface area contributed by atoms with Crippen LogP contribution in [0.4, 0.5) is 17.2 Å². The zero-order chi connectivity index (χ0) is 26.2. The number of rotatable bonds is 11. The lowest BCUT2D eigenvalue weighted by Crippen LogP contribution is -2.22. The second kappa shape index (κ2) is 12.4. The molecular weight excluding hydrogens is 458 g/mol. The van der Waals surface area contributed by atoms with E-state index in [-0.39, 0.29) is 6.04 Å². The fourth-order valence-corrected chi connectivity index (χ4v) is 4.81. The minimum Gasteiger partial charge on any atom is -0.495 e. The summed E-state index contributed by atoms with van der Waals surface area (Å²) >= 11 is 0. The van der Waals surface area contributed by atoms with Gasteiger partial charge in [0.1, 0.15) is 11.6 Å². The van der Waals surface area contributed by atoms with E-state index in [1.165, 1.54) is 22.5 Å². The number of nitrogens with zero attached hydrogens (tertiary/aromatic N) is 5. The van der Waals surface area contributed by atoms with Crippen molar-refractivity contribution in [2.75, 3.05) is 48.1 Å². The van der Waals surface area contributed by atoms with Crippen LogP contribution >= 0.6 is 0 Å². The first-order valence-corrected chi connectivity index (χ1v) is 13.3. The minimum atomic E-state index is 0.0799. The number of hydrogen-bond donors (Lipinski definition) is 0. The summed E-state index contributed by atoms with van der Waals surface area (Å²) < 4.78 is 5.31. The van der Waals surface area contributed by atoms with Crippen LogP contribution in [-0.4, -0.2) is 44.0 Å². The van der Waals surface area contributed by atoms with Gasteiger partial charge in [-0.3, -0.25) is 0 Å². The molecule has 0 spiro atoms. The number of hydrazone groups is 1. The van der Waals surface area contributed by atoms with Crippen LogP contribution < -0.4 is 19.5 Å². The van der Waals surface area contributed by atoms with E-state index in [2.05, 4.69) is 103 Å². The Hall–Kier alpha value is -3.80. The van der Waals surface area contributed by atoms with Crippen molar-refractivity contribution in [3.05, 3.63) is 84.1 Å². The van der Waals surface area contributed by atoms with Gasteiger partial charge in [0.2, 0.25) is 0 Å². The number of ether oxygens (including phenoxy) is 1. The van der Waals surface area contributed by atoms with Crippen LogP contribution in [0.3, 0.4) is 0 Å². The van der Waals surface area contributed by atoms with E-state index in [1.807, 2.05) is 17.1 Å². The smallest absolute Gasteiger partial charge is 0.149 e. The second-order valence-electron chi connectivity index (χ2n) is 9.07. The average molecular weight is 498 g/mol. The van der Waals surface area contributed by atoms with Gasteiger partial charge in [0.15, 0.2) is 0 Å². The summed E-state index contributed by atoms with van der Waals surface area (Å²) in [6.07, 6.45) is 6.84. The van der Waals surface area contributed by atoms with E-state index in [0.29, 0.717) is 0 Å². The van der Waals surface area contributed by atoms with E-state index in [9.17, 15) is 0 Å². The first-order chi connectivity index (χ1) is 18.1. The SMILES string of the molecule is CCN(CC)c1ccc(C=CC2=NN(c3ccc(OC)cn3)C(c3ccc(N(CC)CC)cc3)C2)cc1. The standard InChI is InChI=1S/C31H39N5O/c1-6-34(7-2)27-16-11-24(12-17-27)10-15-26-22-30(25-13-18-28(19-14-25)35(8-3)9-4)36(33-26)31-21-20-29(37-5)23-32-31/h10-21,23,30H,6-9,22H2,1-5H3. The van der Waals surface area contributed by atoms with Crippen LogP contribution in [0.15, 0.2) is 78.0 Å². The Balaban J connectivity index is 1.58. The van der Waals surface area contributed by atoms with Crippen molar-refractivity contribution in [3.63, 3.8) is 0 Å². The predicted octanol–water partition coefficient (Wildman–Crippen LogP) is 6.80. The molecular formula is C31H39N5O. The van der Waals surface area contributed by atoms with Gasteiger partial charge in [0.25, 0.3) is 0 Å². The quantitative estimate of drug-likeness (QED) is 0.291. The predicted molar refractivity (Wildman–Crippen MR) is 157 cm³/mol. The van der Waals surface area contributed by atoms with Crippen molar-refractivity contribution in [1.29, 1.82) is 0 Å². The molecule has 1 unspecified atom stereocenters. The third-order valence-electron chi connectivity index (χ3n) is 7.02. The Bertz CT molecular complexity index is 1180. The lowest BCUT2D eigenvalue weighted by atomic mass is 10.0. The topological polar surface area (TPSA) is 44.2 Å². The molecule has 0 bridgehead atoms. The molecule has 0 amide bonds. The summed E-state index contributed by atoms with van der Waals surface area (Å²) in [4.78, 5) is 9.34.